The Bertz CT molecular complexity index is 1580. The molecule has 5 rings (SSSR count). The Kier molecular flexibility index (Phi) is 5.73. The zero-order valence-corrected chi connectivity index (χ0v) is 19.2. The maximum Gasteiger partial charge on any atom is 0.299 e. The lowest BCUT2D eigenvalue weighted by molar-refractivity contribution is 0.592. The molecular formula is C26H22N4O3S. The number of aromatic nitrogens is 2. The van der Waals surface area contributed by atoms with Crippen molar-refractivity contribution in [3.63, 3.8) is 0 Å². The van der Waals surface area contributed by atoms with E-state index in [1.165, 1.54) is 0 Å². The van der Waals surface area contributed by atoms with Gasteiger partial charge in [0.1, 0.15) is 0 Å². The minimum Gasteiger partial charge on any atom is -0.423 e. The van der Waals surface area contributed by atoms with Gasteiger partial charge in [-0.05, 0) is 48.2 Å². The van der Waals surface area contributed by atoms with Crippen LogP contribution in [-0.4, -0.2) is 18.4 Å². The van der Waals surface area contributed by atoms with Gasteiger partial charge in [-0.3, -0.25) is 9.71 Å². The molecule has 34 heavy (non-hydrogen) atoms. The van der Waals surface area contributed by atoms with Gasteiger partial charge >= 0.3 is 0 Å². The number of nitrogens with zero attached hydrogens (tertiary/aromatic N) is 2. The third kappa shape index (κ3) is 5.07. The molecule has 0 fully saturated rings. The maximum absolute atomic E-state index is 12.6. The van der Waals surface area contributed by atoms with Gasteiger partial charge in [0.25, 0.3) is 6.01 Å². The van der Waals surface area contributed by atoms with Crippen molar-refractivity contribution in [2.75, 3.05) is 10.0 Å². The van der Waals surface area contributed by atoms with Crippen LogP contribution in [0.3, 0.4) is 0 Å². The standard InChI is InChI=1S/C26H22N4O3S/c1-18-4-2-5-19(12-18)17-34(31,32)30-24-7-3-6-23(14-24)29-26-28-16-25(33-26)21-8-9-22-15-27-11-10-20(22)13-21/h2-16,30H,17H2,1H3,(H,28,29). The van der Waals surface area contributed by atoms with E-state index in [-0.39, 0.29) is 5.75 Å². The lowest BCUT2D eigenvalue weighted by atomic mass is 10.1. The van der Waals surface area contributed by atoms with E-state index in [1.807, 2.05) is 61.7 Å². The summed E-state index contributed by atoms with van der Waals surface area (Å²) in [6.45, 7) is 1.93. The Hall–Kier alpha value is -4.17. The van der Waals surface area contributed by atoms with Crippen LogP contribution < -0.4 is 10.0 Å². The van der Waals surface area contributed by atoms with Crippen LogP contribution in [0.5, 0.6) is 0 Å². The van der Waals surface area contributed by atoms with E-state index in [0.717, 1.165) is 27.5 Å². The summed E-state index contributed by atoms with van der Waals surface area (Å²) in [4.78, 5) is 8.44. The number of fused-ring (bicyclic) bond motifs is 1. The topological polar surface area (TPSA) is 97.1 Å². The van der Waals surface area contributed by atoms with Gasteiger partial charge in [-0.2, -0.15) is 0 Å². The van der Waals surface area contributed by atoms with Crippen LogP contribution >= 0.6 is 0 Å². The van der Waals surface area contributed by atoms with Crippen LogP contribution in [0.2, 0.25) is 0 Å². The van der Waals surface area contributed by atoms with Gasteiger partial charge in [-0.15, -0.1) is 0 Å². The van der Waals surface area contributed by atoms with Gasteiger partial charge in [0.15, 0.2) is 5.76 Å². The fourth-order valence-electron chi connectivity index (χ4n) is 3.72. The summed E-state index contributed by atoms with van der Waals surface area (Å²) < 4.78 is 33.8. The Balaban J connectivity index is 1.30. The van der Waals surface area contributed by atoms with Gasteiger partial charge in [0.2, 0.25) is 10.0 Å². The summed E-state index contributed by atoms with van der Waals surface area (Å²) in [6.07, 6.45) is 5.22. The van der Waals surface area contributed by atoms with E-state index in [1.54, 1.807) is 36.7 Å². The number of anilines is 3. The number of hydrogen-bond donors (Lipinski definition) is 2. The maximum atomic E-state index is 12.6. The van der Waals surface area contributed by atoms with Gasteiger partial charge in [0.05, 0.1) is 17.6 Å². The minimum absolute atomic E-state index is 0.0999. The molecule has 7 nitrogen and oxygen atoms in total. The van der Waals surface area contributed by atoms with E-state index < -0.39 is 10.0 Å². The van der Waals surface area contributed by atoms with Crippen LogP contribution in [0.1, 0.15) is 11.1 Å². The number of rotatable bonds is 7. The summed E-state index contributed by atoms with van der Waals surface area (Å²) in [5.74, 6) is 0.522. The second-order valence-corrected chi connectivity index (χ2v) is 9.75. The predicted molar refractivity (Wildman–Crippen MR) is 134 cm³/mol. The van der Waals surface area contributed by atoms with Gasteiger partial charge in [-0.25, -0.2) is 13.4 Å². The van der Waals surface area contributed by atoms with Crippen molar-refractivity contribution in [2.45, 2.75) is 12.7 Å². The zero-order chi connectivity index (χ0) is 23.5. The molecule has 2 heterocycles. The van der Waals surface area contributed by atoms with Gasteiger partial charge in [0, 0.05) is 29.0 Å². The van der Waals surface area contributed by atoms with E-state index in [4.69, 9.17) is 4.42 Å². The summed E-state index contributed by atoms with van der Waals surface area (Å²) in [6, 6.07) is 22.6. The third-order valence-electron chi connectivity index (χ3n) is 5.26. The lowest BCUT2D eigenvalue weighted by Crippen LogP contribution is -2.15. The molecule has 0 radical (unpaired) electrons. The SMILES string of the molecule is Cc1cccc(CS(=O)(=O)Nc2cccc(Nc3ncc(-c4ccc5cnccc5c4)o3)c2)c1. The summed E-state index contributed by atoms with van der Waals surface area (Å²) in [5.41, 5.74) is 3.75. The van der Waals surface area contributed by atoms with Crippen molar-refractivity contribution >= 4 is 38.2 Å². The number of benzene rings is 3. The molecule has 3 aromatic carbocycles. The minimum atomic E-state index is -3.57. The quantitative estimate of drug-likeness (QED) is 0.308. The number of sulfonamides is 1. The fourth-order valence-corrected chi connectivity index (χ4v) is 4.90. The molecule has 0 aliphatic carbocycles. The Labute approximate surface area is 197 Å². The molecule has 0 aliphatic heterocycles. The van der Waals surface area contributed by atoms with Crippen LogP contribution in [-0.2, 0) is 15.8 Å². The Morgan fingerprint density at radius 2 is 1.74 bits per heavy atom. The van der Waals surface area contributed by atoms with Crippen molar-refractivity contribution in [3.8, 4) is 11.3 Å². The normalized spacial score (nSPS) is 11.4. The number of hydrogen-bond acceptors (Lipinski definition) is 6. The Morgan fingerprint density at radius 1 is 0.882 bits per heavy atom. The first-order valence-corrected chi connectivity index (χ1v) is 12.3. The molecule has 170 valence electrons. The van der Waals surface area contributed by atoms with Gasteiger partial charge < -0.3 is 9.73 Å². The number of aryl methyl sites for hydroxylation is 1. The summed E-state index contributed by atoms with van der Waals surface area (Å²) >= 11 is 0. The summed E-state index contributed by atoms with van der Waals surface area (Å²) in [5, 5.41) is 5.20. The second-order valence-electron chi connectivity index (χ2n) is 8.02. The third-order valence-corrected chi connectivity index (χ3v) is 6.52. The summed E-state index contributed by atoms with van der Waals surface area (Å²) in [7, 11) is -3.57. The first-order valence-electron chi connectivity index (χ1n) is 10.7. The molecule has 0 saturated carbocycles. The van der Waals surface area contributed by atoms with Crippen molar-refractivity contribution < 1.29 is 12.8 Å². The highest BCUT2D eigenvalue weighted by molar-refractivity contribution is 7.91. The molecule has 0 spiro atoms. The molecule has 2 aromatic heterocycles. The van der Waals surface area contributed by atoms with E-state index in [0.29, 0.717) is 23.1 Å². The monoisotopic (exact) mass is 470 g/mol. The number of oxazole rings is 1. The molecule has 0 amide bonds. The first kappa shape index (κ1) is 21.7. The molecule has 0 unspecified atom stereocenters. The van der Waals surface area contributed by atoms with Crippen molar-refractivity contribution in [1.29, 1.82) is 0 Å². The predicted octanol–water partition coefficient (Wildman–Crippen LogP) is 5.88. The average Bonchev–Trinajstić information content (AvgIpc) is 3.27. The van der Waals surface area contributed by atoms with Crippen LogP contribution in [0, 0.1) is 6.92 Å². The van der Waals surface area contributed by atoms with Crippen LogP contribution in [0.15, 0.2) is 95.8 Å². The van der Waals surface area contributed by atoms with Crippen LogP contribution in [0.4, 0.5) is 17.4 Å². The second kappa shape index (κ2) is 8.99. The largest absolute Gasteiger partial charge is 0.423 e. The number of nitrogens with one attached hydrogen (secondary N) is 2. The highest BCUT2D eigenvalue weighted by atomic mass is 32.2. The Morgan fingerprint density at radius 3 is 2.62 bits per heavy atom. The zero-order valence-electron chi connectivity index (χ0n) is 18.4. The fraction of sp³-hybridized carbons (Fsp3) is 0.0769. The molecule has 0 bridgehead atoms. The molecule has 0 atom stereocenters. The molecule has 2 N–H and O–H groups in total. The van der Waals surface area contributed by atoms with Crippen LogP contribution in [0.25, 0.3) is 22.1 Å². The smallest absolute Gasteiger partial charge is 0.299 e. The van der Waals surface area contributed by atoms with Crippen molar-refractivity contribution in [1.82, 2.24) is 9.97 Å². The average molecular weight is 471 g/mol. The molecule has 0 aliphatic rings. The lowest BCUT2D eigenvalue weighted by Gasteiger charge is -2.10. The van der Waals surface area contributed by atoms with E-state index >= 15 is 0 Å². The van der Waals surface area contributed by atoms with Crippen molar-refractivity contribution in [3.05, 3.63) is 103 Å². The van der Waals surface area contributed by atoms with Crippen molar-refractivity contribution in [2.24, 2.45) is 0 Å². The first-order chi connectivity index (χ1) is 16.4. The van der Waals surface area contributed by atoms with Gasteiger partial charge in [-0.1, -0.05) is 48.0 Å². The highest BCUT2D eigenvalue weighted by Crippen LogP contribution is 2.28. The highest BCUT2D eigenvalue weighted by Gasteiger charge is 2.13. The molecule has 0 saturated heterocycles. The molecule has 5 aromatic rings. The van der Waals surface area contributed by atoms with E-state index in [9.17, 15) is 8.42 Å². The van der Waals surface area contributed by atoms with E-state index in [2.05, 4.69) is 20.0 Å². The molecule has 8 heteroatoms. The number of pyridine rings is 1. The molecular weight excluding hydrogens is 448 g/mol.